The molecular weight excluding hydrogens is 381 g/mol. The highest BCUT2D eigenvalue weighted by Crippen LogP contribution is 2.31. The van der Waals surface area contributed by atoms with Gasteiger partial charge in [0.05, 0.1) is 17.7 Å². The van der Waals surface area contributed by atoms with Crippen molar-refractivity contribution in [3.8, 4) is 5.75 Å². The molecule has 21 heavy (non-hydrogen) atoms. The SMILES string of the molecule is Cc1c(O)ccc2c1C(=O)N(Cc1cccc(I)c1)C2=O. The standard InChI is InChI=1S/C16H12INO3/c1-9-13(19)6-5-12-14(9)16(21)18(15(12)20)8-10-3-2-4-11(17)7-10/h2-7,19H,8H2,1H3. The Kier molecular flexibility index (Phi) is 3.44. The molecule has 0 bridgehead atoms. The third-order valence-corrected chi connectivity index (χ3v) is 4.27. The smallest absolute Gasteiger partial charge is 0.262 e. The molecule has 5 heteroatoms. The van der Waals surface area contributed by atoms with Crippen LogP contribution in [0.25, 0.3) is 0 Å². The van der Waals surface area contributed by atoms with Crippen LogP contribution in [0.5, 0.6) is 5.75 Å². The predicted octanol–water partition coefficient (Wildman–Crippen LogP) is 3.10. The summed E-state index contributed by atoms with van der Waals surface area (Å²) in [6.07, 6.45) is 0. The van der Waals surface area contributed by atoms with Gasteiger partial charge in [-0.05, 0) is 59.3 Å². The van der Waals surface area contributed by atoms with E-state index in [9.17, 15) is 14.7 Å². The van der Waals surface area contributed by atoms with E-state index < -0.39 is 0 Å². The lowest BCUT2D eigenvalue weighted by molar-refractivity contribution is 0.0642. The van der Waals surface area contributed by atoms with Crippen molar-refractivity contribution < 1.29 is 14.7 Å². The van der Waals surface area contributed by atoms with Crippen LogP contribution < -0.4 is 0 Å². The molecule has 0 saturated heterocycles. The number of phenolic OH excluding ortho intramolecular Hbond substituents is 1. The van der Waals surface area contributed by atoms with Gasteiger partial charge in [-0.2, -0.15) is 0 Å². The lowest BCUT2D eigenvalue weighted by atomic mass is 10.0. The van der Waals surface area contributed by atoms with Gasteiger partial charge in [-0.1, -0.05) is 12.1 Å². The van der Waals surface area contributed by atoms with Crippen LogP contribution in [0.1, 0.15) is 31.8 Å². The Bertz CT molecular complexity index is 770. The fourth-order valence-corrected chi connectivity index (χ4v) is 3.10. The van der Waals surface area contributed by atoms with Crippen molar-refractivity contribution in [2.45, 2.75) is 13.5 Å². The molecule has 2 amide bonds. The van der Waals surface area contributed by atoms with Gasteiger partial charge in [0.15, 0.2) is 0 Å². The molecular formula is C16H12INO3. The number of phenols is 1. The van der Waals surface area contributed by atoms with Gasteiger partial charge in [-0.3, -0.25) is 14.5 Å². The zero-order chi connectivity index (χ0) is 15.1. The Morgan fingerprint density at radius 2 is 1.90 bits per heavy atom. The van der Waals surface area contributed by atoms with Crippen LogP contribution in [0.15, 0.2) is 36.4 Å². The second kappa shape index (κ2) is 5.14. The summed E-state index contributed by atoms with van der Waals surface area (Å²) in [5, 5.41) is 9.72. The van der Waals surface area contributed by atoms with Crippen LogP contribution in [-0.4, -0.2) is 21.8 Å². The monoisotopic (exact) mass is 393 g/mol. The number of carbonyl (C=O) groups excluding carboxylic acids is 2. The third kappa shape index (κ3) is 2.31. The second-order valence-corrected chi connectivity index (χ2v) is 6.20. The maximum atomic E-state index is 12.5. The second-order valence-electron chi connectivity index (χ2n) is 4.96. The molecule has 0 aliphatic carbocycles. The Labute approximate surface area is 135 Å². The lowest BCUT2D eigenvalue weighted by Gasteiger charge is -2.14. The molecule has 106 valence electrons. The number of hydrogen-bond donors (Lipinski definition) is 1. The van der Waals surface area contributed by atoms with Gasteiger partial charge in [0.1, 0.15) is 5.75 Å². The molecule has 3 rings (SSSR count). The fourth-order valence-electron chi connectivity index (χ4n) is 2.49. The van der Waals surface area contributed by atoms with E-state index in [1.807, 2.05) is 24.3 Å². The van der Waals surface area contributed by atoms with Gasteiger partial charge < -0.3 is 5.11 Å². The molecule has 0 atom stereocenters. The van der Waals surface area contributed by atoms with Crippen molar-refractivity contribution in [3.63, 3.8) is 0 Å². The molecule has 2 aromatic carbocycles. The number of halogens is 1. The van der Waals surface area contributed by atoms with Crippen molar-refractivity contribution in [2.75, 3.05) is 0 Å². The van der Waals surface area contributed by atoms with Crippen molar-refractivity contribution >= 4 is 34.4 Å². The number of imide groups is 1. The Morgan fingerprint density at radius 1 is 1.14 bits per heavy atom. The fraction of sp³-hybridized carbons (Fsp3) is 0.125. The van der Waals surface area contributed by atoms with Crippen LogP contribution >= 0.6 is 22.6 Å². The van der Waals surface area contributed by atoms with E-state index in [2.05, 4.69) is 22.6 Å². The van der Waals surface area contributed by atoms with Crippen LogP contribution in [0, 0.1) is 10.5 Å². The maximum Gasteiger partial charge on any atom is 0.262 e. The summed E-state index contributed by atoms with van der Waals surface area (Å²) < 4.78 is 1.05. The summed E-state index contributed by atoms with van der Waals surface area (Å²) in [6, 6.07) is 10.6. The van der Waals surface area contributed by atoms with Crippen LogP contribution in [0.4, 0.5) is 0 Å². The van der Waals surface area contributed by atoms with Gasteiger partial charge in [-0.15, -0.1) is 0 Å². The average Bonchev–Trinajstić information content (AvgIpc) is 2.68. The van der Waals surface area contributed by atoms with Crippen LogP contribution in [0.2, 0.25) is 0 Å². The van der Waals surface area contributed by atoms with Gasteiger partial charge in [0.25, 0.3) is 11.8 Å². The maximum absolute atomic E-state index is 12.5. The van der Waals surface area contributed by atoms with Crippen molar-refractivity contribution in [2.24, 2.45) is 0 Å². The van der Waals surface area contributed by atoms with E-state index in [1.54, 1.807) is 6.92 Å². The van der Waals surface area contributed by atoms with E-state index in [0.29, 0.717) is 16.7 Å². The van der Waals surface area contributed by atoms with E-state index in [-0.39, 0.29) is 24.1 Å². The van der Waals surface area contributed by atoms with Gasteiger partial charge >= 0.3 is 0 Å². The molecule has 0 aromatic heterocycles. The number of fused-ring (bicyclic) bond motifs is 1. The molecule has 0 radical (unpaired) electrons. The van der Waals surface area contributed by atoms with Crippen molar-refractivity contribution in [1.82, 2.24) is 4.90 Å². The molecule has 1 aliphatic heterocycles. The first kappa shape index (κ1) is 14.1. The predicted molar refractivity (Wildman–Crippen MR) is 86.2 cm³/mol. The summed E-state index contributed by atoms with van der Waals surface area (Å²) >= 11 is 2.19. The number of benzene rings is 2. The Hall–Kier alpha value is -1.89. The van der Waals surface area contributed by atoms with E-state index >= 15 is 0 Å². The number of nitrogens with zero attached hydrogens (tertiary/aromatic N) is 1. The number of carbonyl (C=O) groups is 2. The molecule has 1 N–H and O–H groups in total. The summed E-state index contributed by atoms with van der Waals surface area (Å²) in [6.45, 7) is 1.89. The first-order chi connectivity index (χ1) is 9.99. The Morgan fingerprint density at radius 3 is 2.62 bits per heavy atom. The van der Waals surface area contributed by atoms with Crippen molar-refractivity contribution in [3.05, 3.63) is 62.2 Å². The first-order valence-corrected chi connectivity index (χ1v) is 7.50. The molecule has 0 unspecified atom stereocenters. The first-order valence-electron chi connectivity index (χ1n) is 6.42. The molecule has 1 heterocycles. The molecule has 2 aromatic rings. The minimum absolute atomic E-state index is 0.0333. The summed E-state index contributed by atoms with van der Waals surface area (Å²) in [4.78, 5) is 26.1. The average molecular weight is 393 g/mol. The van der Waals surface area contributed by atoms with E-state index in [1.165, 1.54) is 17.0 Å². The van der Waals surface area contributed by atoms with E-state index in [4.69, 9.17) is 0 Å². The third-order valence-electron chi connectivity index (χ3n) is 3.60. The minimum Gasteiger partial charge on any atom is -0.508 e. The topological polar surface area (TPSA) is 57.6 Å². The zero-order valence-electron chi connectivity index (χ0n) is 11.3. The van der Waals surface area contributed by atoms with Gasteiger partial charge in [-0.25, -0.2) is 0 Å². The normalized spacial score (nSPS) is 13.7. The zero-order valence-corrected chi connectivity index (χ0v) is 13.4. The van der Waals surface area contributed by atoms with Crippen LogP contribution in [0.3, 0.4) is 0 Å². The highest BCUT2D eigenvalue weighted by atomic mass is 127. The summed E-state index contributed by atoms with van der Waals surface area (Å²) in [5.74, 6) is -0.620. The van der Waals surface area contributed by atoms with Crippen LogP contribution in [-0.2, 0) is 6.54 Å². The Balaban J connectivity index is 1.99. The molecule has 1 aliphatic rings. The van der Waals surface area contributed by atoms with Gasteiger partial charge in [0, 0.05) is 9.13 Å². The lowest BCUT2D eigenvalue weighted by Crippen LogP contribution is -2.29. The number of amides is 2. The number of aromatic hydroxyl groups is 1. The molecule has 0 fully saturated rings. The highest BCUT2D eigenvalue weighted by molar-refractivity contribution is 14.1. The molecule has 0 spiro atoms. The summed E-state index contributed by atoms with van der Waals surface area (Å²) in [5.41, 5.74) is 2.03. The summed E-state index contributed by atoms with van der Waals surface area (Å²) in [7, 11) is 0. The van der Waals surface area contributed by atoms with Gasteiger partial charge in [0.2, 0.25) is 0 Å². The molecule has 4 nitrogen and oxygen atoms in total. The number of hydrogen-bond acceptors (Lipinski definition) is 3. The number of rotatable bonds is 2. The van der Waals surface area contributed by atoms with E-state index in [0.717, 1.165) is 9.13 Å². The highest BCUT2D eigenvalue weighted by Gasteiger charge is 2.37. The van der Waals surface area contributed by atoms with Crippen molar-refractivity contribution in [1.29, 1.82) is 0 Å². The molecule has 0 saturated carbocycles. The minimum atomic E-state index is -0.345. The largest absolute Gasteiger partial charge is 0.508 e. The quantitative estimate of drug-likeness (QED) is 0.630.